The fourth-order valence-corrected chi connectivity index (χ4v) is 2.76. The van der Waals surface area contributed by atoms with Crippen molar-refractivity contribution in [3.05, 3.63) is 72.1 Å². The molecular formula is C17H17FO2S. The van der Waals surface area contributed by atoms with Gasteiger partial charge in [0.15, 0.2) is 0 Å². The summed E-state index contributed by atoms with van der Waals surface area (Å²) in [6, 6.07) is 13.6. The fraction of sp³-hybridized carbons (Fsp3) is 0.176. The summed E-state index contributed by atoms with van der Waals surface area (Å²) in [6.45, 7) is 0. The first kappa shape index (κ1) is 15.4. The molecule has 0 heterocycles. The topological polar surface area (TPSA) is 26.3 Å². The molecule has 0 spiro atoms. The molecular weight excluding hydrogens is 287 g/mol. The minimum Gasteiger partial charge on any atom is -0.497 e. The smallest absolute Gasteiger partial charge is 0.123 e. The minimum atomic E-state index is -1.06. The third-order valence-electron chi connectivity index (χ3n) is 3.00. The second kappa shape index (κ2) is 7.74. The lowest BCUT2D eigenvalue weighted by atomic mass is 10.1. The van der Waals surface area contributed by atoms with Crippen LogP contribution in [0.2, 0.25) is 0 Å². The Morgan fingerprint density at radius 2 is 1.71 bits per heavy atom. The molecule has 4 heteroatoms. The SMILES string of the molecule is COc1ccc(S(=O)CC=CCc2ccc(F)cc2)cc1. The highest BCUT2D eigenvalue weighted by Crippen LogP contribution is 2.14. The lowest BCUT2D eigenvalue weighted by Gasteiger charge is -2.02. The van der Waals surface area contributed by atoms with Crippen molar-refractivity contribution in [3.63, 3.8) is 0 Å². The molecule has 2 nitrogen and oxygen atoms in total. The van der Waals surface area contributed by atoms with Gasteiger partial charge in [0.1, 0.15) is 11.6 Å². The first-order valence-electron chi connectivity index (χ1n) is 6.61. The fourth-order valence-electron chi connectivity index (χ4n) is 1.82. The number of ether oxygens (including phenoxy) is 1. The van der Waals surface area contributed by atoms with Crippen LogP contribution in [0, 0.1) is 5.82 Å². The summed E-state index contributed by atoms with van der Waals surface area (Å²) < 4.78 is 29.9. The third-order valence-corrected chi connectivity index (χ3v) is 4.30. The Morgan fingerprint density at radius 3 is 2.33 bits per heavy atom. The Bertz CT molecular complexity index is 618. The van der Waals surface area contributed by atoms with Gasteiger partial charge in [0.05, 0.1) is 17.9 Å². The van der Waals surface area contributed by atoms with Crippen LogP contribution in [0.15, 0.2) is 65.6 Å². The van der Waals surface area contributed by atoms with Crippen LogP contribution in [0.5, 0.6) is 5.75 Å². The number of methoxy groups -OCH3 is 1. The molecule has 0 aromatic heterocycles. The van der Waals surface area contributed by atoms with Crippen molar-refractivity contribution in [2.24, 2.45) is 0 Å². The van der Waals surface area contributed by atoms with E-state index in [4.69, 9.17) is 4.74 Å². The van der Waals surface area contributed by atoms with Gasteiger partial charge in [0, 0.05) is 10.6 Å². The van der Waals surface area contributed by atoms with E-state index in [0.717, 1.165) is 16.2 Å². The maximum Gasteiger partial charge on any atom is 0.123 e. The molecule has 110 valence electrons. The predicted molar refractivity (Wildman–Crippen MR) is 83.5 cm³/mol. The highest BCUT2D eigenvalue weighted by Gasteiger charge is 2.01. The highest BCUT2D eigenvalue weighted by atomic mass is 32.2. The van der Waals surface area contributed by atoms with Crippen molar-refractivity contribution in [1.29, 1.82) is 0 Å². The molecule has 0 bridgehead atoms. The van der Waals surface area contributed by atoms with E-state index in [1.165, 1.54) is 12.1 Å². The van der Waals surface area contributed by atoms with Gasteiger partial charge < -0.3 is 4.74 Å². The Hall–Kier alpha value is -1.94. The summed E-state index contributed by atoms with van der Waals surface area (Å²) in [7, 11) is 0.544. The van der Waals surface area contributed by atoms with E-state index in [2.05, 4.69) is 0 Å². The first-order chi connectivity index (χ1) is 10.2. The van der Waals surface area contributed by atoms with Crippen molar-refractivity contribution in [3.8, 4) is 5.75 Å². The van der Waals surface area contributed by atoms with E-state index in [1.54, 1.807) is 31.4 Å². The summed E-state index contributed by atoms with van der Waals surface area (Å²) in [6.07, 6.45) is 4.55. The van der Waals surface area contributed by atoms with Gasteiger partial charge in [-0.15, -0.1) is 0 Å². The monoisotopic (exact) mass is 304 g/mol. The van der Waals surface area contributed by atoms with Gasteiger partial charge in [-0.1, -0.05) is 24.3 Å². The average Bonchev–Trinajstić information content (AvgIpc) is 2.53. The summed E-state index contributed by atoms with van der Waals surface area (Å²) in [4.78, 5) is 0.780. The number of hydrogen-bond acceptors (Lipinski definition) is 2. The molecule has 2 aromatic carbocycles. The van der Waals surface area contributed by atoms with Crippen molar-refractivity contribution >= 4 is 10.8 Å². The van der Waals surface area contributed by atoms with Crippen molar-refractivity contribution < 1.29 is 13.3 Å². The van der Waals surface area contributed by atoms with E-state index < -0.39 is 10.8 Å². The van der Waals surface area contributed by atoms with Crippen LogP contribution in [-0.2, 0) is 17.2 Å². The van der Waals surface area contributed by atoms with Gasteiger partial charge in [-0.25, -0.2) is 4.39 Å². The van der Waals surface area contributed by atoms with E-state index in [-0.39, 0.29) is 5.82 Å². The Kier molecular flexibility index (Phi) is 5.69. The zero-order valence-corrected chi connectivity index (χ0v) is 12.6. The zero-order valence-electron chi connectivity index (χ0n) is 11.8. The van der Waals surface area contributed by atoms with Gasteiger partial charge in [0.25, 0.3) is 0 Å². The largest absolute Gasteiger partial charge is 0.497 e. The standard InChI is InChI=1S/C17H17FO2S/c1-20-16-9-11-17(12-10-16)21(19)13-3-2-4-14-5-7-15(18)8-6-14/h2-3,5-12H,4,13H2,1H3. The number of rotatable bonds is 6. The van der Waals surface area contributed by atoms with Crippen LogP contribution in [0.1, 0.15) is 5.56 Å². The van der Waals surface area contributed by atoms with Gasteiger partial charge in [-0.3, -0.25) is 4.21 Å². The summed E-state index contributed by atoms with van der Waals surface area (Å²) >= 11 is 0. The van der Waals surface area contributed by atoms with Crippen LogP contribution in [0.4, 0.5) is 4.39 Å². The lowest BCUT2D eigenvalue weighted by Crippen LogP contribution is -1.95. The second-order valence-corrected chi connectivity index (χ2v) is 5.99. The van der Waals surface area contributed by atoms with Crippen molar-refractivity contribution in [2.45, 2.75) is 11.3 Å². The summed E-state index contributed by atoms with van der Waals surface area (Å²) in [5.74, 6) is 0.985. The Morgan fingerprint density at radius 1 is 1.05 bits per heavy atom. The minimum absolute atomic E-state index is 0.233. The molecule has 2 rings (SSSR count). The van der Waals surface area contributed by atoms with Crippen molar-refractivity contribution in [2.75, 3.05) is 12.9 Å². The van der Waals surface area contributed by atoms with Crippen LogP contribution < -0.4 is 4.74 Å². The number of benzene rings is 2. The maximum absolute atomic E-state index is 12.8. The zero-order chi connectivity index (χ0) is 15.1. The predicted octanol–water partition coefficient (Wildman–Crippen LogP) is 3.74. The molecule has 0 aliphatic heterocycles. The highest BCUT2D eigenvalue weighted by molar-refractivity contribution is 7.85. The van der Waals surface area contributed by atoms with Gasteiger partial charge in [-0.05, 0) is 48.4 Å². The van der Waals surface area contributed by atoms with Crippen LogP contribution in [-0.4, -0.2) is 17.1 Å². The van der Waals surface area contributed by atoms with Crippen LogP contribution >= 0.6 is 0 Å². The molecule has 0 fully saturated rings. The number of halogens is 1. The quantitative estimate of drug-likeness (QED) is 0.760. The summed E-state index contributed by atoms with van der Waals surface area (Å²) in [5, 5.41) is 0. The normalized spacial score (nSPS) is 12.5. The van der Waals surface area contributed by atoms with Crippen LogP contribution in [0.3, 0.4) is 0 Å². The second-order valence-electron chi connectivity index (χ2n) is 4.49. The van der Waals surface area contributed by atoms with Gasteiger partial charge in [0.2, 0.25) is 0 Å². The van der Waals surface area contributed by atoms with E-state index in [1.807, 2.05) is 24.3 Å². The van der Waals surface area contributed by atoms with Crippen LogP contribution in [0.25, 0.3) is 0 Å². The molecule has 0 amide bonds. The third kappa shape index (κ3) is 4.83. The van der Waals surface area contributed by atoms with Crippen molar-refractivity contribution in [1.82, 2.24) is 0 Å². The Labute approximate surface area is 126 Å². The van der Waals surface area contributed by atoms with E-state index in [0.29, 0.717) is 12.2 Å². The average molecular weight is 304 g/mol. The first-order valence-corrected chi connectivity index (χ1v) is 7.93. The Balaban J connectivity index is 1.85. The molecule has 0 radical (unpaired) electrons. The van der Waals surface area contributed by atoms with E-state index in [9.17, 15) is 8.60 Å². The molecule has 2 aromatic rings. The van der Waals surface area contributed by atoms with Gasteiger partial charge >= 0.3 is 0 Å². The molecule has 1 atom stereocenters. The molecule has 0 aliphatic carbocycles. The molecule has 1 unspecified atom stereocenters. The molecule has 0 aliphatic rings. The molecule has 0 N–H and O–H groups in total. The maximum atomic E-state index is 12.8. The lowest BCUT2D eigenvalue weighted by molar-refractivity contribution is 0.414. The number of hydrogen-bond donors (Lipinski definition) is 0. The number of allylic oxidation sites excluding steroid dienone is 1. The molecule has 0 saturated heterocycles. The molecule has 0 saturated carbocycles. The summed E-state index contributed by atoms with van der Waals surface area (Å²) in [5.41, 5.74) is 1.03. The van der Waals surface area contributed by atoms with E-state index >= 15 is 0 Å². The van der Waals surface area contributed by atoms with Gasteiger partial charge in [-0.2, -0.15) is 0 Å². The molecule has 21 heavy (non-hydrogen) atoms.